The zero-order chi connectivity index (χ0) is 17.9. The predicted molar refractivity (Wildman–Crippen MR) is 99.6 cm³/mol. The van der Waals surface area contributed by atoms with Crippen LogP contribution < -0.4 is 16.4 Å². The number of aldehydes is 1. The largest absolute Gasteiger partial charge is 0.386 e. The third-order valence-electron chi connectivity index (χ3n) is 4.44. The van der Waals surface area contributed by atoms with E-state index in [0.717, 1.165) is 60.3 Å². The van der Waals surface area contributed by atoms with E-state index in [1.165, 1.54) is 0 Å². The third kappa shape index (κ3) is 3.58. The maximum Gasteiger partial charge on any atom is 0.153 e. The molecule has 0 aromatic carbocycles. The van der Waals surface area contributed by atoms with Crippen LogP contribution in [-0.4, -0.2) is 42.4 Å². The molecule has 5 N–H and O–H groups in total. The van der Waals surface area contributed by atoms with Crippen molar-refractivity contribution in [3.63, 3.8) is 0 Å². The second kappa shape index (κ2) is 7.09. The molecule has 0 radical (unpaired) electrons. The van der Waals surface area contributed by atoms with E-state index in [4.69, 9.17) is 5.73 Å². The molecule has 25 heavy (non-hydrogen) atoms. The normalized spacial score (nSPS) is 14.5. The Morgan fingerprint density at radius 1 is 1.44 bits per heavy atom. The minimum absolute atomic E-state index is 0.347. The Hall–Kier alpha value is -2.62. The van der Waals surface area contributed by atoms with E-state index in [0.29, 0.717) is 5.56 Å². The van der Waals surface area contributed by atoms with Gasteiger partial charge in [-0.1, -0.05) is 11.8 Å². The van der Waals surface area contributed by atoms with Gasteiger partial charge in [0.25, 0.3) is 0 Å². The first-order valence-electron chi connectivity index (χ1n) is 8.40. The van der Waals surface area contributed by atoms with Gasteiger partial charge >= 0.3 is 0 Å². The summed E-state index contributed by atoms with van der Waals surface area (Å²) in [7, 11) is 3.70. The summed E-state index contributed by atoms with van der Waals surface area (Å²) in [6.45, 7) is 0.780. The van der Waals surface area contributed by atoms with E-state index in [-0.39, 0.29) is 5.54 Å². The summed E-state index contributed by atoms with van der Waals surface area (Å²) in [6, 6.07) is 1.91. The molecule has 0 amide bonds. The molecule has 0 spiro atoms. The first kappa shape index (κ1) is 17.2. The number of aromatic amines is 1. The number of nitrogens with zero attached hydrogens (tertiary/aromatic N) is 1. The van der Waals surface area contributed by atoms with Gasteiger partial charge in [0.15, 0.2) is 6.29 Å². The molecule has 2 heterocycles. The molecule has 0 atom stereocenters. The highest BCUT2D eigenvalue weighted by molar-refractivity contribution is 5.94. The molecule has 0 saturated heterocycles. The highest BCUT2D eigenvalue weighted by atomic mass is 16.1. The van der Waals surface area contributed by atoms with Gasteiger partial charge in [0.2, 0.25) is 0 Å². The van der Waals surface area contributed by atoms with Gasteiger partial charge in [0.05, 0.1) is 28.0 Å². The monoisotopic (exact) mass is 337 g/mol. The first-order valence-corrected chi connectivity index (χ1v) is 8.40. The lowest BCUT2D eigenvalue weighted by molar-refractivity contribution is 0.112. The highest BCUT2D eigenvalue weighted by Gasteiger charge is 2.36. The molecule has 130 valence electrons. The number of likely N-dealkylation sites (N-methyl/N-ethyl adjacent to an activating group) is 1. The lowest BCUT2D eigenvalue weighted by Gasteiger charge is -2.06. The molecular formula is C19H23N5O. The average molecular weight is 337 g/mol. The molecule has 1 aliphatic rings. The molecule has 6 nitrogen and oxygen atoms in total. The van der Waals surface area contributed by atoms with Gasteiger partial charge in [0, 0.05) is 43.7 Å². The minimum Gasteiger partial charge on any atom is -0.386 e. The third-order valence-corrected chi connectivity index (χ3v) is 4.44. The fourth-order valence-corrected chi connectivity index (χ4v) is 2.77. The fraction of sp³-hybridized carbons (Fsp3) is 0.368. The fourth-order valence-electron chi connectivity index (χ4n) is 2.77. The van der Waals surface area contributed by atoms with Crippen molar-refractivity contribution in [3.8, 4) is 23.1 Å². The van der Waals surface area contributed by atoms with Crippen molar-refractivity contribution < 1.29 is 4.79 Å². The van der Waals surface area contributed by atoms with Crippen LogP contribution in [0.5, 0.6) is 0 Å². The van der Waals surface area contributed by atoms with Gasteiger partial charge in [0.1, 0.15) is 0 Å². The molecule has 1 fully saturated rings. The second-order valence-corrected chi connectivity index (χ2v) is 6.32. The molecule has 0 aliphatic heterocycles. The van der Waals surface area contributed by atoms with E-state index in [1.807, 2.05) is 20.2 Å². The number of pyridine rings is 1. The van der Waals surface area contributed by atoms with Gasteiger partial charge < -0.3 is 21.4 Å². The van der Waals surface area contributed by atoms with Crippen molar-refractivity contribution >= 4 is 12.0 Å². The Morgan fingerprint density at radius 3 is 2.88 bits per heavy atom. The maximum absolute atomic E-state index is 11.6. The first-order chi connectivity index (χ1) is 12.1. The number of carbonyl (C=O) groups excluding carboxylic acids is 1. The number of anilines is 1. The van der Waals surface area contributed by atoms with Gasteiger partial charge in [-0.2, -0.15) is 0 Å². The minimum atomic E-state index is -0.347. The van der Waals surface area contributed by atoms with Crippen LogP contribution in [0.1, 0.15) is 34.5 Å². The lowest BCUT2D eigenvalue weighted by atomic mass is 10.0. The van der Waals surface area contributed by atoms with Crippen LogP contribution in [-0.2, 0) is 6.42 Å². The lowest BCUT2D eigenvalue weighted by Crippen LogP contribution is -2.18. The Balaban J connectivity index is 2.08. The Labute approximate surface area is 147 Å². The van der Waals surface area contributed by atoms with Crippen molar-refractivity contribution in [2.75, 3.05) is 26.0 Å². The molecule has 1 aliphatic carbocycles. The van der Waals surface area contributed by atoms with Crippen molar-refractivity contribution in [1.82, 2.24) is 15.3 Å². The molecule has 0 unspecified atom stereocenters. The summed E-state index contributed by atoms with van der Waals surface area (Å²) >= 11 is 0. The summed E-state index contributed by atoms with van der Waals surface area (Å²) in [6.07, 6.45) is 6.96. The zero-order valence-electron chi connectivity index (χ0n) is 14.6. The van der Waals surface area contributed by atoms with Crippen molar-refractivity contribution in [3.05, 3.63) is 35.3 Å². The van der Waals surface area contributed by atoms with Crippen LogP contribution in [0.4, 0.5) is 5.69 Å². The Morgan fingerprint density at radius 2 is 2.24 bits per heavy atom. The summed E-state index contributed by atoms with van der Waals surface area (Å²) in [5.74, 6) is 6.31. The summed E-state index contributed by atoms with van der Waals surface area (Å²) < 4.78 is 0. The van der Waals surface area contributed by atoms with Gasteiger partial charge in [-0.25, -0.2) is 0 Å². The highest BCUT2D eigenvalue weighted by Crippen LogP contribution is 2.35. The molecule has 0 bridgehead atoms. The number of nitrogens with one attached hydrogen (secondary N) is 3. The van der Waals surface area contributed by atoms with Crippen molar-refractivity contribution in [2.24, 2.45) is 5.73 Å². The zero-order valence-corrected chi connectivity index (χ0v) is 14.6. The summed E-state index contributed by atoms with van der Waals surface area (Å²) in [4.78, 5) is 19.2. The van der Waals surface area contributed by atoms with Crippen LogP contribution in [0.2, 0.25) is 0 Å². The number of hydrogen-bond donors (Lipinski definition) is 4. The number of H-pyrrole nitrogens is 1. The van der Waals surface area contributed by atoms with E-state index >= 15 is 0 Å². The van der Waals surface area contributed by atoms with Gasteiger partial charge in [-0.05, 0) is 26.0 Å². The smallest absolute Gasteiger partial charge is 0.153 e. The quantitative estimate of drug-likeness (QED) is 0.474. The molecule has 1 saturated carbocycles. The van der Waals surface area contributed by atoms with E-state index in [2.05, 4.69) is 32.4 Å². The standard InChI is InChI=1S/C19H23N5O/c1-21-9-5-16-15(12-25)17(22-2)18(24-16)14-4-10-23-11-13(14)3-6-19(20)7-8-19/h4,10-12,21-22,24H,5,7-9,20H2,1-2H3. The molecule has 2 aromatic rings. The maximum atomic E-state index is 11.6. The molecule has 2 aromatic heterocycles. The molecule has 3 rings (SSSR count). The van der Waals surface area contributed by atoms with E-state index < -0.39 is 0 Å². The van der Waals surface area contributed by atoms with Crippen LogP contribution in [0.15, 0.2) is 18.5 Å². The second-order valence-electron chi connectivity index (χ2n) is 6.32. The topological polar surface area (TPSA) is 95.8 Å². The van der Waals surface area contributed by atoms with Gasteiger partial charge in [-0.15, -0.1) is 0 Å². The van der Waals surface area contributed by atoms with Gasteiger partial charge in [-0.3, -0.25) is 9.78 Å². The predicted octanol–water partition coefficient (Wildman–Crippen LogP) is 1.54. The van der Waals surface area contributed by atoms with Crippen LogP contribution in [0.3, 0.4) is 0 Å². The van der Waals surface area contributed by atoms with Crippen LogP contribution >= 0.6 is 0 Å². The number of carbonyl (C=O) groups is 1. The average Bonchev–Trinajstić information content (AvgIpc) is 3.26. The summed E-state index contributed by atoms with van der Waals surface area (Å²) in [5, 5.41) is 6.25. The van der Waals surface area contributed by atoms with Crippen LogP contribution in [0, 0.1) is 11.8 Å². The molecule has 6 heteroatoms. The van der Waals surface area contributed by atoms with Crippen molar-refractivity contribution in [1.29, 1.82) is 0 Å². The molecular weight excluding hydrogens is 314 g/mol. The van der Waals surface area contributed by atoms with E-state index in [9.17, 15) is 4.79 Å². The number of hydrogen-bond acceptors (Lipinski definition) is 5. The number of aromatic nitrogens is 2. The van der Waals surface area contributed by atoms with Crippen LogP contribution in [0.25, 0.3) is 11.3 Å². The SMILES string of the molecule is CNCCc1[nH]c(-c2ccncc2C#CC2(N)CC2)c(NC)c1C=O. The Bertz CT molecular complexity index is 839. The number of nitrogens with two attached hydrogens (primary N) is 1. The van der Waals surface area contributed by atoms with Crippen molar-refractivity contribution in [2.45, 2.75) is 24.8 Å². The summed E-state index contributed by atoms with van der Waals surface area (Å²) in [5.41, 5.74) is 10.6. The van der Waals surface area contributed by atoms with E-state index in [1.54, 1.807) is 12.4 Å². The Kier molecular flexibility index (Phi) is 4.88. The number of rotatable bonds is 6.